The van der Waals surface area contributed by atoms with Crippen molar-refractivity contribution >= 4 is 11.6 Å². The van der Waals surface area contributed by atoms with Crippen molar-refractivity contribution in [3.63, 3.8) is 0 Å². The van der Waals surface area contributed by atoms with E-state index in [0.717, 1.165) is 29.8 Å². The smallest absolute Gasteiger partial charge is 0.161 e. The van der Waals surface area contributed by atoms with Gasteiger partial charge in [0.15, 0.2) is 11.5 Å². The molecule has 0 radical (unpaired) electrons. The summed E-state index contributed by atoms with van der Waals surface area (Å²) in [5.41, 5.74) is 4.16. The first-order chi connectivity index (χ1) is 14.1. The topological polar surface area (TPSA) is 21.7 Å². The van der Waals surface area contributed by atoms with Crippen LogP contribution in [0.3, 0.4) is 0 Å². The molecule has 0 aromatic heterocycles. The van der Waals surface area contributed by atoms with E-state index in [0.29, 0.717) is 22.9 Å². The van der Waals surface area contributed by atoms with Crippen molar-refractivity contribution < 1.29 is 13.9 Å². The molecule has 1 aliphatic heterocycles. The fourth-order valence-corrected chi connectivity index (χ4v) is 4.17. The summed E-state index contributed by atoms with van der Waals surface area (Å²) < 4.78 is 25.4. The third-order valence-corrected chi connectivity index (χ3v) is 5.74. The lowest BCUT2D eigenvalue weighted by atomic mass is 9.87. The summed E-state index contributed by atoms with van der Waals surface area (Å²) in [5.74, 6) is 1.24. The minimum Gasteiger partial charge on any atom is -0.493 e. The second-order valence-electron chi connectivity index (χ2n) is 7.17. The van der Waals surface area contributed by atoms with Crippen LogP contribution in [0.5, 0.6) is 11.5 Å². The van der Waals surface area contributed by atoms with Crippen molar-refractivity contribution in [1.82, 2.24) is 4.90 Å². The van der Waals surface area contributed by atoms with Gasteiger partial charge in [-0.25, -0.2) is 4.39 Å². The molecule has 5 heteroatoms. The molecule has 1 heterocycles. The van der Waals surface area contributed by atoms with Gasteiger partial charge in [-0.15, -0.1) is 0 Å². The third-order valence-electron chi connectivity index (χ3n) is 5.49. The van der Waals surface area contributed by atoms with Crippen LogP contribution in [0.2, 0.25) is 5.02 Å². The molecule has 0 saturated heterocycles. The molecule has 3 aromatic rings. The minimum atomic E-state index is -0.180. The first-order valence-electron chi connectivity index (χ1n) is 9.58. The normalized spacial score (nSPS) is 16.3. The van der Waals surface area contributed by atoms with E-state index in [1.54, 1.807) is 20.3 Å². The first-order valence-corrected chi connectivity index (χ1v) is 9.96. The number of rotatable bonds is 5. The van der Waals surface area contributed by atoms with Crippen LogP contribution < -0.4 is 9.47 Å². The van der Waals surface area contributed by atoms with E-state index in [1.807, 2.05) is 42.5 Å². The van der Waals surface area contributed by atoms with E-state index in [4.69, 9.17) is 21.1 Å². The van der Waals surface area contributed by atoms with Crippen molar-refractivity contribution in [1.29, 1.82) is 0 Å². The predicted octanol–water partition coefficient (Wildman–Crippen LogP) is 5.64. The zero-order valence-corrected chi connectivity index (χ0v) is 17.2. The van der Waals surface area contributed by atoms with E-state index in [-0.39, 0.29) is 11.9 Å². The van der Waals surface area contributed by atoms with Crippen LogP contribution in [0.4, 0.5) is 4.39 Å². The van der Waals surface area contributed by atoms with Gasteiger partial charge in [0.2, 0.25) is 0 Å². The number of hydrogen-bond donors (Lipinski definition) is 0. The second-order valence-corrected chi connectivity index (χ2v) is 7.61. The molecule has 29 heavy (non-hydrogen) atoms. The molecule has 0 aliphatic carbocycles. The fourth-order valence-electron chi connectivity index (χ4n) is 4.05. The van der Waals surface area contributed by atoms with E-state index in [1.165, 1.54) is 11.6 Å². The summed E-state index contributed by atoms with van der Waals surface area (Å²) >= 11 is 6.13. The highest BCUT2D eigenvalue weighted by molar-refractivity contribution is 6.30. The van der Waals surface area contributed by atoms with Crippen LogP contribution in [0.15, 0.2) is 60.7 Å². The van der Waals surface area contributed by atoms with Crippen LogP contribution in [-0.2, 0) is 13.0 Å². The molecule has 3 aromatic carbocycles. The van der Waals surface area contributed by atoms with Crippen molar-refractivity contribution in [2.45, 2.75) is 19.0 Å². The van der Waals surface area contributed by atoms with Gasteiger partial charge in [0.25, 0.3) is 0 Å². The standard InChI is InChI=1S/C24H23ClFNO2/c1-28-22-13-17-11-12-27(15-18-5-3-4-6-21(18)26)24(20(17)14-23(22)29-2)16-7-9-19(25)10-8-16/h3-10,13-14,24H,11-12,15H2,1-2H3. The van der Waals surface area contributed by atoms with E-state index in [2.05, 4.69) is 11.0 Å². The Morgan fingerprint density at radius 2 is 1.69 bits per heavy atom. The van der Waals surface area contributed by atoms with Gasteiger partial charge in [-0.2, -0.15) is 0 Å². The van der Waals surface area contributed by atoms with Crippen LogP contribution in [-0.4, -0.2) is 25.7 Å². The Kier molecular flexibility index (Phi) is 5.74. The maximum Gasteiger partial charge on any atom is 0.161 e. The summed E-state index contributed by atoms with van der Waals surface area (Å²) in [6.07, 6.45) is 0.855. The largest absolute Gasteiger partial charge is 0.493 e. The average Bonchev–Trinajstić information content (AvgIpc) is 2.75. The summed E-state index contributed by atoms with van der Waals surface area (Å²) in [6.45, 7) is 1.33. The minimum absolute atomic E-state index is 0.0320. The number of benzene rings is 3. The molecule has 0 amide bonds. The lowest BCUT2D eigenvalue weighted by Gasteiger charge is -2.38. The van der Waals surface area contributed by atoms with Gasteiger partial charge < -0.3 is 9.47 Å². The Hall–Kier alpha value is -2.56. The van der Waals surface area contributed by atoms with Gasteiger partial charge in [-0.05, 0) is 53.4 Å². The number of halogens is 2. The molecule has 0 N–H and O–H groups in total. The number of hydrogen-bond acceptors (Lipinski definition) is 3. The molecule has 0 fully saturated rings. The zero-order valence-electron chi connectivity index (χ0n) is 16.5. The van der Waals surface area contributed by atoms with E-state index in [9.17, 15) is 4.39 Å². The molecule has 150 valence electrons. The second kappa shape index (κ2) is 8.44. The number of fused-ring (bicyclic) bond motifs is 1. The summed E-state index contributed by atoms with van der Waals surface area (Å²) in [7, 11) is 3.29. The molecule has 0 spiro atoms. The van der Waals surface area contributed by atoms with Crippen molar-refractivity contribution in [3.8, 4) is 11.5 Å². The van der Waals surface area contributed by atoms with Gasteiger partial charge >= 0.3 is 0 Å². The lowest BCUT2D eigenvalue weighted by molar-refractivity contribution is 0.201. The van der Waals surface area contributed by atoms with Gasteiger partial charge in [-0.3, -0.25) is 4.90 Å². The highest BCUT2D eigenvalue weighted by atomic mass is 35.5. The zero-order chi connectivity index (χ0) is 20.4. The molecule has 1 aliphatic rings. The number of methoxy groups -OCH3 is 2. The van der Waals surface area contributed by atoms with E-state index < -0.39 is 0 Å². The van der Waals surface area contributed by atoms with Crippen molar-refractivity contribution in [2.75, 3.05) is 20.8 Å². The Balaban J connectivity index is 1.80. The Labute approximate surface area is 175 Å². The molecule has 0 saturated carbocycles. The molecular formula is C24H23ClFNO2. The van der Waals surface area contributed by atoms with Gasteiger partial charge in [-0.1, -0.05) is 41.9 Å². The quantitative estimate of drug-likeness (QED) is 0.542. The van der Waals surface area contributed by atoms with Gasteiger partial charge in [0.1, 0.15) is 5.82 Å². The Morgan fingerprint density at radius 1 is 1.00 bits per heavy atom. The summed E-state index contributed by atoms with van der Waals surface area (Å²) in [5, 5.41) is 0.692. The molecule has 3 nitrogen and oxygen atoms in total. The highest BCUT2D eigenvalue weighted by Crippen LogP contribution is 2.41. The SMILES string of the molecule is COc1cc2c(cc1OC)C(c1ccc(Cl)cc1)N(Cc1ccccc1F)CC2. The van der Waals surface area contributed by atoms with Gasteiger partial charge in [0.05, 0.1) is 20.3 Å². The Morgan fingerprint density at radius 3 is 2.38 bits per heavy atom. The summed E-state index contributed by atoms with van der Waals surface area (Å²) in [6, 6.07) is 18.9. The molecule has 1 unspecified atom stereocenters. The average molecular weight is 412 g/mol. The molecule has 1 atom stereocenters. The third kappa shape index (κ3) is 3.96. The van der Waals surface area contributed by atoms with Crippen LogP contribution in [0, 0.1) is 5.82 Å². The van der Waals surface area contributed by atoms with Gasteiger partial charge in [0, 0.05) is 23.7 Å². The maximum absolute atomic E-state index is 14.4. The van der Waals surface area contributed by atoms with Crippen LogP contribution in [0.1, 0.15) is 28.3 Å². The van der Waals surface area contributed by atoms with Crippen LogP contribution in [0.25, 0.3) is 0 Å². The van der Waals surface area contributed by atoms with Crippen molar-refractivity contribution in [3.05, 3.63) is 93.8 Å². The number of ether oxygens (including phenoxy) is 2. The molecular weight excluding hydrogens is 389 g/mol. The fraction of sp³-hybridized carbons (Fsp3) is 0.250. The highest BCUT2D eigenvalue weighted by Gasteiger charge is 2.30. The lowest BCUT2D eigenvalue weighted by Crippen LogP contribution is -2.36. The predicted molar refractivity (Wildman–Crippen MR) is 113 cm³/mol. The number of nitrogens with zero attached hydrogens (tertiary/aromatic N) is 1. The molecule has 4 rings (SSSR count). The molecule has 0 bridgehead atoms. The monoisotopic (exact) mass is 411 g/mol. The van der Waals surface area contributed by atoms with E-state index >= 15 is 0 Å². The van der Waals surface area contributed by atoms with Crippen LogP contribution >= 0.6 is 11.6 Å². The maximum atomic E-state index is 14.4. The Bertz CT molecular complexity index is 1010. The first kappa shape index (κ1) is 19.7. The van der Waals surface area contributed by atoms with Crippen molar-refractivity contribution in [2.24, 2.45) is 0 Å². The summed E-state index contributed by atoms with van der Waals surface area (Å²) in [4.78, 5) is 2.30.